The number of aromatic nitrogens is 1. The summed E-state index contributed by atoms with van der Waals surface area (Å²) in [6.45, 7) is 3.90. The van der Waals surface area contributed by atoms with Gasteiger partial charge in [-0.2, -0.15) is 0 Å². The van der Waals surface area contributed by atoms with Crippen LogP contribution in [-0.4, -0.2) is 29.5 Å². The Kier molecular flexibility index (Phi) is 5.47. The maximum Gasteiger partial charge on any atom is 0.0962 e. The second kappa shape index (κ2) is 7.12. The quantitative estimate of drug-likeness (QED) is 0.890. The predicted octanol–water partition coefficient (Wildman–Crippen LogP) is 2.63. The van der Waals surface area contributed by atoms with E-state index in [2.05, 4.69) is 24.0 Å². The molecule has 2 N–H and O–H groups in total. The highest BCUT2D eigenvalue weighted by Gasteiger charge is 2.15. The van der Waals surface area contributed by atoms with Gasteiger partial charge in [-0.25, -0.2) is 4.98 Å². The van der Waals surface area contributed by atoms with E-state index in [1.54, 1.807) is 0 Å². The molecule has 18 heavy (non-hydrogen) atoms. The van der Waals surface area contributed by atoms with Gasteiger partial charge >= 0.3 is 0 Å². The minimum absolute atomic E-state index is 0.251. The Morgan fingerprint density at radius 3 is 2.83 bits per heavy atom. The van der Waals surface area contributed by atoms with Crippen molar-refractivity contribution in [2.45, 2.75) is 48.9 Å². The van der Waals surface area contributed by atoms with E-state index < -0.39 is 0 Å². The van der Waals surface area contributed by atoms with Crippen LogP contribution in [0, 0.1) is 0 Å². The first-order valence-electron chi connectivity index (χ1n) is 6.73. The van der Waals surface area contributed by atoms with Crippen molar-refractivity contribution < 1.29 is 4.74 Å². The molecule has 100 valence electrons. The molecular formula is C14H22N2OS. The van der Waals surface area contributed by atoms with Crippen molar-refractivity contribution in [2.24, 2.45) is 5.73 Å². The van der Waals surface area contributed by atoms with Gasteiger partial charge in [0.1, 0.15) is 0 Å². The Labute approximate surface area is 114 Å². The van der Waals surface area contributed by atoms with Crippen LogP contribution in [-0.2, 0) is 11.2 Å². The monoisotopic (exact) mass is 266 g/mol. The Morgan fingerprint density at radius 2 is 2.22 bits per heavy atom. The molecule has 0 amide bonds. The third-order valence-electron chi connectivity index (χ3n) is 3.28. The van der Waals surface area contributed by atoms with Crippen LogP contribution in [0.5, 0.6) is 0 Å². The van der Waals surface area contributed by atoms with Crippen molar-refractivity contribution in [1.29, 1.82) is 0 Å². The summed E-state index contributed by atoms with van der Waals surface area (Å²) in [5, 5.41) is 1.78. The highest BCUT2D eigenvalue weighted by molar-refractivity contribution is 7.99. The van der Waals surface area contributed by atoms with Gasteiger partial charge in [-0.05, 0) is 37.3 Å². The SMILES string of the molecule is CCC(N)Cc1ccc(SC2CCOCC2)nc1. The maximum absolute atomic E-state index is 5.95. The van der Waals surface area contributed by atoms with Crippen LogP contribution in [0.3, 0.4) is 0 Å². The number of hydrogen-bond donors (Lipinski definition) is 1. The van der Waals surface area contributed by atoms with E-state index in [-0.39, 0.29) is 6.04 Å². The standard InChI is InChI=1S/C14H22N2OS/c1-2-12(15)9-11-3-4-14(16-10-11)18-13-5-7-17-8-6-13/h3-4,10,12-13H,2,5-9,15H2,1H3. The molecule has 1 unspecified atom stereocenters. The third kappa shape index (κ3) is 4.26. The van der Waals surface area contributed by atoms with Crippen molar-refractivity contribution in [2.75, 3.05) is 13.2 Å². The Hall–Kier alpha value is -0.580. The van der Waals surface area contributed by atoms with E-state index in [1.165, 1.54) is 5.56 Å². The molecule has 1 aliphatic heterocycles. The maximum atomic E-state index is 5.95. The van der Waals surface area contributed by atoms with E-state index in [4.69, 9.17) is 10.5 Å². The molecule has 0 radical (unpaired) electrons. The van der Waals surface area contributed by atoms with E-state index in [1.807, 2.05) is 18.0 Å². The molecule has 0 aromatic carbocycles. The number of pyridine rings is 1. The zero-order valence-corrected chi connectivity index (χ0v) is 11.8. The number of rotatable bonds is 5. The van der Waals surface area contributed by atoms with Gasteiger partial charge in [0.15, 0.2) is 0 Å². The first-order valence-corrected chi connectivity index (χ1v) is 7.60. The fourth-order valence-corrected chi connectivity index (χ4v) is 3.04. The van der Waals surface area contributed by atoms with E-state index in [0.717, 1.165) is 43.9 Å². The van der Waals surface area contributed by atoms with Crippen LogP contribution in [0.25, 0.3) is 0 Å². The van der Waals surface area contributed by atoms with Crippen LogP contribution in [0.4, 0.5) is 0 Å². The van der Waals surface area contributed by atoms with Gasteiger partial charge in [-0.3, -0.25) is 0 Å². The zero-order chi connectivity index (χ0) is 12.8. The van der Waals surface area contributed by atoms with Crippen molar-refractivity contribution >= 4 is 11.8 Å². The minimum Gasteiger partial charge on any atom is -0.381 e. The highest BCUT2D eigenvalue weighted by atomic mass is 32.2. The number of nitrogens with zero attached hydrogens (tertiary/aromatic N) is 1. The number of hydrogen-bond acceptors (Lipinski definition) is 4. The molecule has 3 nitrogen and oxygen atoms in total. The molecule has 1 aromatic heterocycles. The van der Waals surface area contributed by atoms with Crippen molar-refractivity contribution in [3.63, 3.8) is 0 Å². The summed E-state index contributed by atoms with van der Waals surface area (Å²) >= 11 is 1.88. The van der Waals surface area contributed by atoms with Gasteiger partial charge < -0.3 is 10.5 Å². The van der Waals surface area contributed by atoms with E-state index in [9.17, 15) is 0 Å². The lowest BCUT2D eigenvalue weighted by Gasteiger charge is -2.21. The molecule has 2 heterocycles. The van der Waals surface area contributed by atoms with Gasteiger partial charge in [0, 0.05) is 30.7 Å². The van der Waals surface area contributed by atoms with Crippen molar-refractivity contribution in [3.8, 4) is 0 Å². The molecule has 1 aliphatic rings. The number of ether oxygens (including phenoxy) is 1. The molecule has 0 aliphatic carbocycles. The van der Waals surface area contributed by atoms with Crippen LogP contribution < -0.4 is 5.73 Å². The van der Waals surface area contributed by atoms with Crippen molar-refractivity contribution in [3.05, 3.63) is 23.9 Å². The second-order valence-corrected chi connectivity index (χ2v) is 6.13. The summed E-state index contributed by atoms with van der Waals surface area (Å²) < 4.78 is 5.36. The first kappa shape index (κ1) is 13.8. The lowest BCUT2D eigenvalue weighted by Crippen LogP contribution is -2.21. The minimum atomic E-state index is 0.251. The fourth-order valence-electron chi connectivity index (χ4n) is 2.01. The summed E-state index contributed by atoms with van der Waals surface area (Å²) in [7, 11) is 0. The molecule has 0 spiro atoms. The van der Waals surface area contributed by atoms with E-state index in [0.29, 0.717) is 5.25 Å². The average Bonchev–Trinajstić information content (AvgIpc) is 2.42. The number of thioether (sulfide) groups is 1. The van der Waals surface area contributed by atoms with Crippen LogP contribution in [0.1, 0.15) is 31.7 Å². The van der Waals surface area contributed by atoms with Gasteiger partial charge in [0.05, 0.1) is 5.03 Å². The van der Waals surface area contributed by atoms with Gasteiger partial charge in [0.2, 0.25) is 0 Å². The van der Waals surface area contributed by atoms with Gasteiger partial charge in [-0.15, -0.1) is 11.8 Å². The molecule has 2 rings (SSSR count). The first-order chi connectivity index (χ1) is 8.78. The predicted molar refractivity (Wildman–Crippen MR) is 75.9 cm³/mol. The number of nitrogens with two attached hydrogens (primary N) is 1. The Morgan fingerprint density at radius 1 is 1.44 bits per heavy atom. The van der Waals surface area contributed by atoms with Gasteiger partial charge in [-0.1, -0.05) is 13.0 Å². The molecule has 0 saturated carbocycles. The molecule has 1 saturated heterocycles. The van der Waals surface area contributed by atoms with Crippen LogP contribution >= 0.6 is 11.8 Å². The molecule has 1 atom stereocenters. The third-order valence-corrected chi connectivity index (χ3v) is 4.56. The topological polar surface area (TPSA) is 48.1 Å². The zero-order valence-electron chi connectivity index (χ0n) is 11.0. The van der Waals surface area contributed by atoms with Gasteiger partial charge in [0.25, 0.3) is 0 Å². The normalized spacial score (nSPS) is 18.8. The Bertz CT molecular complexity index is 349. The fraction of sp³-hybridized carbons (Fsp3) is 0.643. The van der Waals surface area contributed by atoms with E-state index >= 15 is 0 Å². The summed E-state index contributed by atoms with van der Waals surface area (Å²) in [6.07, 6.45) is 6.17. The summed E-state index contributed by atoms with van der Waals surface area (Å²) in [6, 6.07) is 4.53. The molecule has 1 aromatic rings. The van der Waals surface area contributed by atoms with Crippen LogP contribution in [0.15, 0.2) is 23.4 Å². The smallest absolute Gasteiger partial charge is 0.0962 e. The lowest BCUT2D eigenvalue weighted by atomic mass is 10.1. The summed E-state index contributed by atoms with van der Waals surface area (Å²) in [5.74, 6) is 0. The summed E-state index contributed by atoms with van der Waals surface area (Å²) in [5.41, 5.74) is 7.18. The lowest BCUT2D eigenvalue weighted by molar-refractivity contribution is 0.1000. The highest BCUT2D eigenvalue weighted by Crippen LogP contribution is 2.28. The molecule has 0 bridgehead atoms. The molecule has 4 heteroatoms. The van der Waals surface area contributed by atoms with Crippen LogP contribution in [0.2, 0.25) is 0 Å². The average molecular weight is 266 g/mol. The second-order valence-electron chi connectivity index (χ2n) is 4.81. The molecular weight excluding hydrogens is 244 g/mol. The largest absolute Gasteiger partial charge is 0.381 e. The molecule has 1 fully saturated rings. The van der Waals surface area contributed by atoms with Crippen molar-refractivity contribution in [1.82, 2.24) is 4.98 Å². The Balaban J connectivity index is 1.86. The summed E-state index contributed by atoms with van der Waals surface area (Å²) in [4.78, 5) is 4.53.